The highest BCUT2D eigenvalue weighted by atomic mass is 32.1. The number of carbonyl (C=O) groups excluding carboxylic acids is 1. The van der Waals surface area contributed by atoms with Crippen LogP contribution in [0.4, 0.5) is 0 Å². The maximum atomic E-state index is 12.0. The van der Waals surface area contributed by atoms with Crippen molar-refractivity contribution >= 4 is 17.1 Å². The first-order valence-corrected chi connectivity index (χ1v) is 7.00. The van der Waals surface area contributed by atoms with Crippen molar-refractivity contribution in [3.05, 3.63) is 22.4 Å². The summed E-state index contributed by atoms with van der Waals surface area (Å²) in [6.45, 7) is 2.65. The average Bonchev–Trinajstić information content (AvgIpc) is 2.82. The van der Waals surface area contributed by atoms with Gasteiger partial charge in [-0.2, -0.15) is 0 Å². The molecule has 1 fully saturated rings. The van der Waals surface area contributed by atoms with Crippen molar-refractivity contribution in [2.24, 2.45) is 0 Å². The van der Waals surface area contributed by atoms with Gasteiger partial charge in [-0.15, -0.1) is 11.3 Å². The second-order valence-corrected chi connectivity index (χ2v) is 5.84. The van der Waals surface area contributed by atoms with Crippen molar-refractivity contribution in [1.82, 2.24) is 9.80 Å². The number of thiophene rings is 1. The van der Waals surface area contributed by atoms with Crippen LogP contribution in [0.5, 0.6) is 0 Å². The predicted molar refractivity (Wildman–Crippen MR) is 71.8 cm³/mol. The number of nitrogens with zero attached hydrogens (tertiary/aromatic N) is 2. The van der Waals surface area contributed by atoms with E-state index in [0.717, 1.165) is 18.0 Å². The van der Waals surface area contributed by atoms with Gasteiger partial charge in [0.05, 0.1) is 11.4 Å². The van der Waals surface area contributed by atoms with Gasteiger partial charge in [0.25, 0.3) is 0 Å². The molecule has 0 saturated carbocycles. The molecule has 17 heavy (non-hydrogen) atoms. The highest BCUT2D eigenvalue weighted by molar-refractivity contribution is 7.12. The summed E-state index contributed by atoms with van der Waals surface area (Å²) in [5.74, 6) is 0.263. The van der Waals surface area contributed by atoms with Gasteiger partial charge >= 0.3 is 0 Å². The fraction of sp³-hybridized carbons (Fsp3) is 0.615. The van der Waals surface area contributed by atoms with Crippen molar-refractivity contribution in [3.8, 4) is 0 Å². The standard InChI is InChI=1S/C13H20N2OS/c1-14(2)11-5-3-7-15(9-11)10-12(16)13-6-4-8-17-13/h4,6,8,11H,3,5,7,9-10H2,1-2H3. The molecule has 0 N–H and O–H groups in total. The average molecular weight is 252 g/mol. The molecule has 0 aliphatic carbocycles. The molecule has 2 heterocycles. The lowest BCUT2D eigenvalue weighted by atomic mass is 10.0. The van der Waals surface area contributed by atoms with E-state index in [1.807, 2.05) is 17.5 Å². The van der Waals surface area contributed by atoms with Crippen LogP contribution in [0.3, 0.4) is 0 Å². The van der Waals surface area contributed by atoms with E-state index in [1.165, 1.54) is 12.8 Å². The Labute approximate surface area is 107 Å². The molecule has 0 amide bonds. The number of likely N-dealkylation sites (N-methyl/N-ethyl adjacent to an activating group) is 1. The molecule has 0 radical (unpaired) electrons. The normalized spacial score (nSPS) is 21.9. The van der Waals surface area contributed by atoms with Gasteiger partial charge in [-0.25, -0.2) is 0 Å². The lowest BCUT2D eigenvalue weighted by molar-refractivity contribution is 0.0856. The third kappa shape index (κ3) is 3.37. The van der Waals surface area contributed by atoms with Crippen LogP contribution in [-0.2, 0) is 0 Å². The van der Waals surface area contributed by atoms with Crippen LogP contribution < -0.4 is 0 Å². The lowest BCUT2D eigenvalue weighted by Gasteiger charge is -2.35. The molecule has 1 aromatic rings. The van der Waals surface area contributed by atoms with Crippen LogP contribution in [0.1, 0.15) is 22.5 Å². The zero-order chi connectivity index (χ0) is 12.3. The molecule has 1 aliphatic rings. The van der Waals surface area contributed by atoms with Gasteiger partial charge in [0.2, 0.25) is 0 Å². The topological polar surface area (TPSA) is 23.6 Å². The molecule has 0 aromatic carbocycles. The highest BCUT2D eigenvalue weighted by Crippen LogP contribution is 2.15. The molecule has 1 aromatic heterocycles. The quantitative estimate of drug-likeness (QED) is 0.765. The number of hydrogen-bond acceptors (Lipinski definition) is 4. The summed E-state index contributed by atoms with van der Waals surface area (Å²) in [6.07, 6.45) is 2.44. The van der Waals surface area contributed by atoms with Gasteiger partial charge in [0, 0.05) is 12.6 Å². The smallest absolute Gasteiger partial charge is 0.186 e. The molecule has 1 atom stereocenters. The number of hydrogen-bond donors (Lipinski definition) is 0. The monoisotopic (exact) mass is 252 g/mol. The van der Waals surface area contributed by atoms with E-state index in [2.05, 4.69) is 23.9 Å². The Morgan fingerprint density at radius 1 is 1.59 bits per heavy atom. The molecule has 1 aliphatic heterocycles. The molecule has 1 unspecified atom stereocenters. The third-order valence-electron chi connectivity index (χ3n) is 3.37. The maximum absolute atomic E-state index is 12.0. The van der Waals surface area contributed by atoms with Gasteiger partial charge in [-0.3, -0.25) is 9.69 Å². The first-order chi connectivity index (χ1) is 8.16. The molecule has 0 bridgehead atoms. The third-order valence-corrected chi connectivity index (χ3v) is 4.29. The fourth-order valence-corrected chi connectivity index (χ4v) is 2.97. The Kier molecular flexibility index (Phi) is 4.31. The number of likely N-dealkylation sites (tertiary alicyclic amines) is 1. The van der Waals surface area contributed by atoms with E-state index in [-0.39, 0.29) is 5.78 Å². The predicted octanol–water partition coefficient (Wildman–Crippen LogP) is 1.96. The molecular weight excluding hydrogens is 232 g/mol. The van der Waals surface area contributed by atoms with Gasteiger partial charge in [-0.05, 0) is 44.9 Å². The van der Waals surface area contributed by atoms with Crippen LogP contribution in [0, 0.1) is 0 Å². The van der Waals surface area contributed by atoms with E-state index in [0.29, 0.717) is 12.6 Å². The lowest BCUT2D eigenvalue weighted by Crippen LogP contribution is -2.46. The highest BCUT2D eigenvalue weighted by Gasteiger charge is 2.23. The minimum Gasteiger partial charge on any atom is -0.305 e. The van der Waals surface area contributed by atoms with Crippen LogP contribution >= 0.6 is 11.3 Å². The molecule has 1 saturated heterocycles. The zero-order valence-electron chi connectivity index (χ0n) is 10.6. The molecule has 94 valence electrons. The summed E-state index contributed by atoms with van der Waals surface area (Å²) in [7, 11) is 4.24. The number of rotatable bonds is 4. The number of Topliss-reactive ketones (excluding diaryl/α,β-unsaturated/α-hetero) is 1. The number of piperidine rings is 1. The van der Waals surface area contributed by atoms with Gasteiger partial charge < -0.3 is 4.90 Å². The van der Waals surface area contributed by atoms with E-state index in [1.54, 1.807) is 11.3 Å². The number of carbonyl (C=O) groups is 1. The van der Waals surface area contributed by atoms with Gasteiger partial charge in [0.1, 0.15) is 0 Å². The van der Waals surface area contributed by atoms with Gasteiger partial charge in [-0.1, -0.05) is 6.07 Å². The van der Waals surface area contributed by atoms with Crippen molar-refractivity contribution in [2.75, 3.05) is 33.7 Å². The first kappa shape index (κ1) is 12.7. The molecule has 4 heteroatoms. The maximum Gasteiger partial charge on any atom is 0.186 e. The largest absolute Gasteiger partial charge is 0.305 e. The minimum absolute atomic E-state index is 0.263. The molecular formula is C13H20N2OS. The SMILES string of the molecule is CN(C)C1CCCN(CC(=O)c2cccs2)C1. The van der Waals surface area contributed by atoms with E-state index >= 15 is 0 Å². The summed E-state index contributed by atoms with van der Waals surface area (Å²) in [6, 6.07) is 4.46. The van der Waals surface area contributed by atoms with E-state index < -0.39 is 0 Å². The van der Waals surface area contributed by atoms with Crippen molar-refractivity contribution in [1.29, 1.82) is 0 Å². The Hall–Kier alpha value is -0.710. The van der Waals surface area contributed by atoms with E-state index in [9.17, 15) is 4.79 Å². The van der Waals surface area contributed by atoms with Crippen molar-refractivity contribution in [2.45, 2.75) is 18.9 Å². The summed E-state index contributed by atoms with van der Waals surface area (Å²) in [5.41, 5.74) is 0. The Bertz CT molecular complexity index is 362. The molecule has 2 rings (SSSR count). The Balaban J connectivity index is 1.89. The summed E-state index contributed by atoms with van der Waals surface area (Å²) in [5, 5.41) is 1.96. The zero-order valence-corrected chi connectivity index (χ0v) is 11.4. The minimum atomic E-state index is 0.263. The second kappa shape index (κ2) is 5.76. The molecule has 0 spiro atoms. The molecule has 3 nitrogen and oxygen atoms in total. The summed E-state index contributed by atoms with van der Waals surface area (Å²) in [4.78, 5) is 17.4. The van der Waals surface area contributed by atoms with Crippen LogP contribution in [-0.4, -0.2) is 55.4 Å². The Morgan fingerprint density at radius 2 is 2.41 bits per heavy atom. The number of ketones is 1. The van der Waals surface area contributed by atoms with E-state index in [4.69, 9.17) is 0 Å². The summed E-state index contributed by atoms with van der Waals surface area (Å²) < 4.78 is 0. The fourth-order valence-electron chi connectivity index (χ4n) is 2.31. The van der Waals surface area contributed by atoms with Crippen molar-refractivity contribution in [3.63, 3.8) is 0 Å². The van der Waals surface area contributed by atoms with Crippen LogP contribution in [0.25, 0.3) is 0 Å². The first-order valence-electron chi connectivity index (χ1n) is 6.12. The summed E-state index contributed by atoms with van der Waals surface area (Å²) >= 11 is 1.54. The van der Waals surface area contributed by atoms with Crippen LogP contribution in [0.15, 0.2) is 17.5 Å². The Morgan fingerprint density at radius 3 is 3.06 bits per heavy atom. The second-order valence-electron chi connectivity index (χ2n) is 4.90. The van der Waals surface area contributed by atoms with Gasteiger partial charge in [0.15, 0.2) is 5.78 Å². The van der Waals surface area contributed by atoms with Crippen LogP contribution in [0.2, 0.25) is 0 Å². The van der Waals surface area contributed by atoms with Crippen molar-refractivity contribution < 1.29 is 4.79 Å².